The van der Waals surface area contributed by atoms with Crippen molar-refractivity contribution in [1.29, 1.82) is 0 Å². The third kappa shape index (κ3) is 4.94. The van der Waals surface area contributed by atoms with Gasteiger partial charge in [0.2, 0.25) is 11.9 Å². The van der Waals surface area contributed by atoms with E-state index in [1.165, 1.54) is 0 Å². The third-order valence-corrected chi connectivity index (χ3v) is 5.46. The summed E-state index contributed by atoms with van der Waals surface area (Å²) in [5.41, 5.74) is 1.16. The molecular weight excluding hydrogens is 348 g/mol. The molecule has 0 spiro atoms. The molecule has 3 aliphatic rings. The largest absolute Gasteiger partial charge is 0.483 e. The maximum Gasteiger partial charge on any atom is 0.290 e. The second kappa shape index (κ2) is 9.12. The first kappa shape index (κ1) is 19.5. The number of hydrogen-bond acceptors (Lipinski definition) is 6. The van der Waals surface area contributed by atoms with E-state index in [2.05, 4.69) is 21.8 Å². The molecule has 0 aromatic carbocycles. The second-order valence-corrected chi connectivity index (χ2v) is 7.31. The minimum absolute atomic E-state index is 0.154. The van der Waals surface area contributed by atoms with Crippen molar-refractivity contribution in [2.45, 2.75) is 38.7 Å². The number of likely N-dealkylation sites (tertiary alicyclic amines) is 1. The van der Waals surface area contributed by atoms with Gasteiger partial charge in [0.25, 0.3) is 6.47 Å². The lowest BCUT2D eigenvalue weighted by Crippen LogP contribution is -2.49. The summed E-state index contributed by atoms with van der Waals surface area (Å²) in [6.45, 7) is 5.88. The van der Waals surface area contributed by atoms with E-state index < -0.39 is 0 Å². The van der Waals surface area contributed by atoms with Crippen LogP contribution < -0.4 is 4.90 Å². The van der Waals surface area contributed by atoms with Crippen molar-refractivity contribution in [3.05, 3.63) is 18.0 Å². The molecule has 1 amide bonds. The summed E-state index contributed by atoms with van der Waals surface area (Å²) in [4.78, 5) is 34.0. The Balaban J connectivity index is 0.000000659. The van der Waals surface area contributed by atoms with Gasteiger partial charge in [-0.2, -0.15) is 0 Å². The summed E-state index contributed by atoms with van der Waals surface area (Å²) in [6, 6.07) is 0. The Bertz CT molecular complexity index is 635. The molecule has 2 saturated heterocycles. The highest BCUT2D eigenvalue weighted by molar-refractivity contribution is 5.81. The Morgan fingerprint density at radius 3 is 2.59 bits per heavy atom. The smallest absolute Gasteiger partial charge is 0.290 e. The number of hydrogen-bond donors (Lipinski definition) is 1. The number of carboxylic acid groups (broad SMARTS) is 1. The molecule has 2 atom stereocenters. The Kier molecular flexibility index (Phi) is 6.60. The molecule has 27 heavy (non-hydrogen) atoms. The van der Waals surface area contributed by atoms with E-state index in [0.717, 1.165) is 63.4 Å². The predicted octanol–water partition coefficient (Wildman–Crippen LogP) is 1.20. The van der Waals surface area contributed by atoms with Gasteiger partial charge >= 0.3 is 0 Å². The van der Waals surface area contributed by atoms with Gasteiger partial charge in [-0.15, -0.1) is 0 Å². The molecule has 3 fully saturated rings. The molecule has 2 unspecified atom stereocenters. The van der Waals surface area contributed by atoms with Gasteiger partial charge in [-0.05, 0) is 31.2 Å². The van der Waals surface area contributed by atoms with Crippen LogP contribution in [-0.4, -0.2) is 71.2 Å². The fraction of sp³-hybridized carbons (Fsp3) is 0.684. The zero-order chi connectivity index (χ0) is 19.2. The molecule has 0 bridgehead atoms. The first-order chi connectivity index (χ1) is 13.2. The highest BCUT2D eigenvalue weighted by Crippen LogP contribution is 2.33. The van der Waals surface area contributed by atoms with Gasteiger partial charge in [0.1, 0.15) is 0 Å². The first-order valence-corrected chi connectivity index (χ1v) is 9.70. The van der Waals surface area contributed by atoms with Crippen LogP contribution in [0.15, 0.2) is 12.4 Å². The van der Waals surface area contributed by atoms with E-state index in [4.69, 9.17) is 14.6 Å². The van der Waals surface area contributed by atoms with E-state index >= 15 is 0 Å². The van der Waals surface area contributed by atoms with E-state index in [-0.39, 0.29) is 12.6 Å². The summed E-state index contributed by atoms with van der Waals surface area (Å²) in [5, 5.41) is 6.89. The van der Waals surface area contributed by atoms with Crippen LogP contribution in [0, 0.1) is 11.8 Å². The summed E-state index contributed by atoms with van der Waals surface area (Å²) in [5.74, 6) is 1.89. The number of aryl methyl sites for hydroxylation is 1. The van der Waals surface area contributed by atoms with Gasteiger partial charge in [-0.3, -0.25) is 9.59 Å². The number of nitrogens with zero attached hydrogens (tertiary/aromatic N) is 4. The van der Waals surface area contributed by atoms with Crippen LogP contribution in [-0.2, 0) is 20.7 Å². The zero-order valence-electron chi connectivity index (χ0n) is 15.8. The predicted molar refractivity (Wildman–Crippen MR) is 99.5 cm³/mol. The van der Waals surface area contributed by atoms with Crippen LogP contribution >= 0.6 is 0 Å². The fourth-order valence-electron chi connectivity index (χ4n) is 3.72. The highest BCUT2D eigenvalue weighted by Gasteiger charge is 2.39. The molecule has 1 aromatic rings. The van der Waals surface area contributed by atoms with Crippen LogP contribution in [0.25, 0.3) is 0 Å². The van der Waals surface area contributed by atoms with Crippen molar-refractivity contribution in [2.75, 3.05) is 37.7 Å². The first-order valence-electron chi connectivity index (χ1n) is 9.70. The summed E-state index contributed by atoms with van der Waals surface area (Å²) < 4.78 is 6.09. The minimum atomic E-state index is -0.250. The molecule has 148 valence electrons. The molecule has 3 heterocycles. The molecule has 0 radical (unpaired) electrons. The number of ether oxygens (including phenoxy) is 1. The summed E-state index contributed by atoms with van der Waals surface area (Å²) in [7, 11) is 0. The topological polar surface area (TPSA) is 95.9 Å². The molecule has 8 heteroatoms. The number of carbonyl (C=O) groups is 2. The Morgan fingerprint density at radius 1 is 1.26 bits per heavy atom. The lowest BCUT2D eigenvalue weighted by atomic mass is 9.93. The summed E-state index contributed by atoms with van der Waals surface area (Å²) in [6.07, 6.45) is 8.10. The highest BCUT2D eigenvalue weighted by atomic mass is 16.5. The number of fused-ring (bicyclic) bond motifs is 1. The number of aromatic nitrogens is 2. The number of amides is 1. The monoisotopic (exact) mass is 376 g/mol. The molecule has 1 saturated carbocycles. The molecular formula is C19H28N4O4. The SMILES string of the molecule is CCc1cnc(N2CCOC3CN(C(=O)C4CC4)CCC3C2)nc1.O=CO. The summed E-state index contributed by atoms with van der Waals surface area (Å²) >= 11 is 0. The zero-order valence-corrected chi connectivity index (χ0v) is 15.8. The van der Waals surface area contributed by atoms with Crippen LogP contribution in [0.2, 0.25) is 0 Å². The van der Waals surface area contributed by atoms with Crippen molar-refractivity contribution >= 4 is 18.3 Å². The van der Waals surface area contributed by atoms with Gasteiger partial charge < -0.3 is 19.6 Å². The Hall–Kier alpha value is -2.22. The fourth-order valence-corrected chi connectivity index (χ4v) is 3.72. The van der Waals surface area contributed by atoms with Crippen LogP contribution in [0.3, 0.4) is 0 Å². The number of carbonyl (C=O) groups excluding carboxylic acids is 1. The van der Waals surface area contributed by atoms with Gasteiger partial charge in [0, 0.05) is 50.4 Å². The average Bonchev–Trinajstić information content (AvgIpc) is 3.54. The number of piperidine rings is 1. The van der Waals surface area contributed by atoms with Crippen LogP contribution in [0.1, 0.15) is 31.7 Å². The maximum atomic E-state index is 12.3. The molecule has 8 nitrogen and oxygen atoms in total. The minimum Gasteiger partial charge on any atom is -0.483 e. The molecule has 4 rings (SSSR count). The molecule has 2 aliphatic heterocycles. The average molecular weight is 376 g/mol. The maximum absolute atomic E-state index is 12.3. The van der Waals surface area contributed by atoms with Crippen molar-refractivity contribution in [3.63, 3.8) is 0 Å². The van der Waals surface area contributed by atoms with Crippen molar-refractivity contribution < 1.29 is 19.4 Å². The Morgan fingerprint density at radius 2 is 1.96 bits per heavy atom. The quantitative estimate of drug-likeness (QED) is 0.792. The molecule has 1 N–H and O–H groups in total. The normalized spacial score (nSPS) is 24.9. The van der Waals surface area contributed by atoms with Gasteiger partial charge in [0.15, 0.2) is 0 Å². The van der Waals surface area contributed by atoms with Crippen LogP contribution in [0.5, 0.6) is 0 Å². The van der Waals surface area contributed by atoms with E-state index in [1.807, 2.05) is 17.3 Å². The Labute approximate surface area is 159 Å². The van der Waals surface area contributed by atoms with Crippen molar-refractivity contribution in [2.24, 2.45) is 11.8 Å². The van der Waals surface area contributed by atoms with E-state index in [1.54, 1.807) is 0 Å². The van der Waals surface area contributed by atoms with Crippen molar-refractivity contribution in [3.8, 4) is 0 Å². The molecule has 1 aromatic heterocycles. The van der Waals surface area contributed by atoms with Gasteiger partial charge in [-0.25, -0.2) is 9.97 Å². The number of anilines is 1. The van der Waals surface area contributed by atoms with Gasteiger partial charge in [-0.1, -0.05) is 6.92 Å². The standard InChI is InChI=1S/C18H26N4O2.CH2O2/c1-2-13-9-19-18(20-10-13)22-7-8-24-16-12-21(6-5-15(16)11-22)17(23)14-3-4-14;2-1-3/h9-10,14-16H,2-8,11-12H2,1H3;1H,(H,2,3). The number of rotatable bonds is 3. The lowest BCUT2D eigenvalue weighted by molar-refractivity contribution is -0.138. The van der Waals surface area contributed by atoms with Crippen molar-refractivity contribution in [1.82, 2.24) is 14.9 Å². The third-order valence-electron chi connectivity index (χ3n) is 5.46. The van der Waals surface area contributed by atoms with E-state index in [0.29, 0.717) is 24.3 Å². The lowest BCUT2D eigenvalue weighted by Gasteiger charge is -2.38. The van der Waals surface area contributed by atoms with Crippen LogP contribution in [0.4, 0.5) is 5.95 Å². The molecule has 1 aliphatic carbocycles. The second-order valence-electron chi connectivity index (χ2n) is 7.31. The van der Waals surface area contributed by atoms with Gasteiger partial charge in [0.05, 0.1) is 12.7 Å². The van der Waals surface area contributed by atoms with E-state index in [9.17, 15) is 4.79 Å².